The van der Waals surface area contributed by atoms with Gasteiger partial charge in [0.05, 0.1) is 6.54 Å². The molecule has 1 aliphatic carbocycles. The number of methoxy groups -OCH3 is 1. The molecule has 0 aliphatic heterocycles. The molecule has 0 radical (unpaired) electrons. The third kappa shape index (κ3) is 2.35. The van der Waals surface area contributed by atoms with Crippen molar-refractivity contribution in [2.24, 2.45) is 11.1 Å². The summed E-state index contributed by atoms with van der Waals surface area (Å²) in [4.78, 5) is 4.43. The smallest absolute Gasteiger partial charge is 0.182 e. The van der Waals surface area contributed by atoms with Crippen LogP contribution in [0.4, 0.5) is 0 Å². The maximum absolute atomic E-state index is 5.73. The second-order valence-corrected chi connectivity index (χ2v) is 5.67. The Morgan fingerprint density at radius 1 is 1.29 bits per heavy atom. The van der Waals surface area contributed by atoms with E-state index in [4.69, 9.17) is 10.5 Å². The van der Waals surface area contributed by atoms with Gasteiger partial charge in [-0.1, -0.05) is 13.8 Å². The summed E-state index contributed by atoms with van der Waals surface area (Å²) >= 11 is 0. The Morgan fingerprint density at radius 2 is 1.94 bits per heavy atom. The zero-order valence-corrected chi connectivity index (χ0v) is 10.9. The third-order valence-corrected chi connectivity index (χ3v) is 3.93. The van der Waals surface area contributed by atoms with Crippen molar-refractivity contribution in [3.63, 3.8) is 0 Å². The van der Waals surface area contributed by atoms with Gasteiger partial charge in [0.25, 0.3) is 0 Å². The standard InChI is InChI=1S/C12H22N4O/c1-11(2)4-6-12(17-3,7-5-11)10-14-9(8-13)15-16-10/h4-8,13H2,1-3H3,(H,14,15,16). The van der Waals surface area contributed by atoms with Crippen molar-refractivity contribution >= 4 is 0 Å². The predicted octanol–water partition coefficient (Wildman–Crippen LogP) is 1.71. The Hall–Kier alpha value is -0.940. The molecule has 0 saturated heterocycles. The van der Waals surface area contributed by atoms with Crippen LogP contribution < -0.4 is 5.73 Å². The van der Waals surface area contributed by atoms with E-state index in [9.17, 15) is 0 Å². The number of nitrogens with one attached hydrogen (secondary N) is 1. The third-order valence-electron chi connectivity index (χ3n) is 3.93. The van der Waals surface area contributed by atoms with E-state index in [0.717, 1.165) is 37.3 Å². The Bertz CT molecular complexity index is 376. The Labute approximate surface area is 102 Å². The van der Waals surface area contributed by atoms with Gasteiger partial charge < -0.3 is 10.5 Å². The molecule has 1 saturated carbocycles. The van der Waals surface area contributed by atoms with Gasteiger partial charge in [0.15, 0.2) is 5.82 Å². The molecule has 1 heterocycles. The molecule has 17 heavy (non-hydrogen) atoms. The summed E-state index contributed by atoms with van der Waals surface area (Å²) < 4.78 is 5.73. The normalized spacial score (nSPS) is 22.6. The highest BCUT2D eigenvalue weighted by atomic mass is 16.5. The topological polar surface area (TPSA) is 76.8 Å². The minimum atomic E-state index is -0.320. The molecule has 1 fully saturated rings. The quantitative estimate of drug-likeness (QED) is 0.840. The van der Waals surface area contributed by atoms with Gasteiger partial charge in [0.1, 0.15) is 11.4 Å². The number of hydrogen-bond acceptors (Lipinski definition) is 4. The van der Waals surface area contributed by atoms with E-state index < -0.39 is 0 Å². The highest BCUT2D eigenvalue weighted by Gasteiger charge is 2.42. The van der Waals surface area contributed by atoms with E-state index >= 15 is 0 Å². The van der Waals surface area contributed by atoms with E-state index in [2.05, 4.69) is 29.0 Å². The molecular formula is C12H22N4O. The molecule has 96 valence electrons. The lowest BCUT2D eigenvalue weighted by molar-refractivity contribution is -0.0727. The van der Waals surface area contributed by atoms with Crippen LogP contribution in [-0.2, 0) is 16.9 Å². The average molecular weight is 238 g/mol. The van der Waals surface area contributed by atoms with Gasteiger partial charge in [-0.3, -0.25) is 5.10 Å². The second kappa shape index (κ2) is 4.38. The van der Waals surface area contributed by atoms with Gasteiger partial charge in [-0.2, -0.15) is 5.10 Å². The number of hydrogen-bond donors (Lipinski definition) is 2. The van der Waals surface area contributed by atoms with Gasteiger partial charge >= 0.3 is 0 Å². The lowest BCUT2D eigenvalue weighted by atomic mass is 9.70. The van der Waals surface area contributed by atoms with Crippen LogP contribution in [0.5, 0.6) is 0 Å². The number of nitrogens with zero attached hydrogens (tertiary/aromatic N) is 2. The summed E-state index contributed by atoms with van der Waals surface area (Å²) in [5.41, 5.74) is 5.62. The zero-order valence-electron chi connectivity index (χ0n) is 10.9. The van der Waals surface area contributed by atoms with Crippen LogP contribution in [0.25, 0.3) is 0 Å². The van der Waals surface area contributed by atoms with E-state index in [0.29, 0.717) is 12.0 Å². The Balaban J connectivity index is 2.21. The molecule has 0 bridgehead atoms. The van der Waals surface area contributed by atoms with Gasteiger partial charge in [-0.25, -0.2) is 4.98 Å². The molecule has 5 heteroatoms. The molecule has 1 aromatic rings. The van der Waals surface area contributed by atoms with Gasteiger partial charge in [0, 0.05) is 7.11 Å². The van der Waals surface area contributed by atoms with Gasteiger partial charge in [-0.15, -0.1) is 0 Å². The number of aromatic amines is 1. The van der Waals surface area contributed by atoms with Crippen LogP contribution in [0.2, 0.25) is 0 Å². The fourth-order valence-corrected chi connectivity index (χ4v) is 2.44. The van der Waals surface area contributed by atoms with Crippen molar-refractivity contribution in [1.29, 1.82) is 0 Å². The second-order valence-electron chi connectivity index (χ2n) is 5.67. The summed E-state index contributed by atoms with van der Waals surface area (Å²) in [5.74, 6) is 1.48. The Kier molecular flexibility index (Phi) is 3.23. The molecule has 3 N–H and O–H groups in total. The lowest BCUT2D eigenvalue weighted by Crippen LogP contribution is -2.37. The minimum Gasteiger partial charge on any atom is -0.370 e. The SMILES string of the molecule is COC1(c2n[nH]c(CN)n2)CCC(C)(C)CC1. The molecule has 1 aliphatic rings. The summed E-state index contributed by atoms with van der Waals surface area (Å²) in [6, 6.07) is 0. The van der Waals surface area contributed by atoms with E-state index in [1.807, 2.05) is 0 Å². The summed E-state index contributed by atoms with van der Waals surface area (Å²) in [5, 5.41) is 7.13. The van der Waals surface area contributed by atoms with Crippen molar-refractivity contribution in [3.05, 3.63) is 11.6 Å². The van der Waals surface area contributed by atoms with Gasteiger partial charge in [-0.05, 0) is 31.1 Å². The maximum Gasteiger partial charge on any atom is 0.182 e. The van der Waals surface area contributed by atoms with Crippen LogP contribution in [0.1, 0.15) is 51.2 Å². The van der Waals surface area contributed by atoms with Crippen molar-refractivity contribution in [2.45, 2.75) is 51.7 Å². The number of H-pyrrole nitrogens is 1. The largest absolute Gasteiger partial charge is 0.370 e. The summed E-state index contributed by atoms with van der Waals surface area (Å²) in [6.07, 6.45) is 4.21. The first-order valence-corrected chi connectivity index (χ1v) is 6.18. The van der Waals surface area contributed by atoms with Crippen LogP contribution >= 0.6 is 0 Å². The van der Waals surface area contributed by atoms with Crippen LogP contribution in [-0.4, -0.2) is 22.3 Å². The number of rotatable bonds is 3. The summed E-state index contributed by atoms with van der Waals surface area (Å²) in [6.45, 7) is 4.99. The first-order valence-electron chi connectivity index (χ1n) is 6.18. The predicted molar refractivity (Wildman–Crippen MR) is 65.2 cm³/mol. The van der Waals surface area contributed by atoms with Crippen molar-refractivity contribution in [2.75, 3.05) is 7.11 Å². The molecule has 2 rings (SSSR count). The van der Waals surface area contributed by atoms with Crippen molar-refractivity contribution in [1.82, 2.24) is 15.2 Å². The molecule has 0 unspecified atom stereocenters. The zero-order chi connectivity index (χ0) is 12.5. The molecule has 0 amide bonds. The molecular weight excluding hydrogens is 216 g/mol. The Morgan fingerprint density at radius 3 is 2.41 bits per heavy atom. The fraction of sp³-hybridized carbons (Fsp3) is 0.833. The highest BCUT2D eigenvalue weighted by molar-refractivity contribution is 5.06. The lowest BCUT2D eigenvalue weighted by Gasteiger charge is -2.40. The monoisotopic (exact) mass is 238 g/mol. The van der Waals surface area contributed by atoms with E-state index in [-0.39, 0.29) is 5.60 Å². The summed E-state index contributed by atoms with van der Waals surface area (Å²) in [7, 11) is 1.75. The van der Waals surface area contributed by atoms with Crippen LogP contribution in [0.3, 0.4) is 0 Å². The molecule has 0 atom stereocenters. The molecule has 0 aromatic carbocycles. The molecule has 0 spiro atoms. The molecule has 1 aromatic heterocycles. The highest BCUT2D eigenvalue weighted by Crippen LogP contribution is 2.45. The minimum absolute atomic E-state index is 0.320. The van der Waals surface area contributed by atoms with Gasteiger partial charge in [0.2, 0.25) is 0 Å². The number of ether oxygens (including phenoxy) is 1. The van der Waals surface area contributed by atoms with Crippen LogP contribution in [0, 0.1) is 5.41 Å². The maximum atomic E-state index is 5.73. The molecule has 5 nitrogen and oxygen atoms in total. The van der Waals surface area contributed by atoms with Crippen LogP contribution in [0.15, 0.2) is 0 Å². The van der Waals surface area contributed by atoms with Crippen molar-refractivity contribution in [3.8, 4) is 0 Å². The average Bonchev–Trinajstić information content (AvgIpc) is 2.79. The number of aromatic nitrogens is 3. The van der Waals surface area contributed by atoms with E-state index in [1.54, 1.807) is 7.11 Å². The van der Waals surface area contributed by atoms with Crippen molar-refractivity contribution < 1.29 is 4.74 Å². The first-order chi connectivity index (χ1) is 8.01. The number of nitrogens with two attached hydrogens (primary N) is 1. The van der Waals surface area contributed by atoms with E-state index in [1.165, 1.54) is 0 Å². The fourth-order valence-electron chi connectivity index (χ4n) is 2.44. The first kappa shape index (κ1) is 12.5.